The summed E-state index contributed by atoms with van der Waals surface area (Å²) >= 11 is 0. The van der Waals surface area contributed by atoms with Crippen molar-refractivity contribution in [1.82, 2.24) is 25.2 Å². The molecule has 9 nitrogen and oxygen atoms in total. The van der Waals surface area contributed by atoms with E-state index in [-0.39, 0.29) is 18.0 Å². The van der Waals surface area contributed by atoms with E-state index < -0.39 is 0 Å². The fourth-order valence-electron chi connectivity index (χ4n) is 4.81. The number of ether oxygens (including phenoxy) is 3. The normalized spacial score (nSPS) is 19.7. The van der Waals surface area contributed by atoms with Crippen LogP contribution in [-0.4, -0.2) is 66.3 Å². The third kappa shape index (κ3) is 4.82. The highest BCUT2D eigenvalue weighted by atomic mass is 16.5. The van der Waals surface area contributed by atoms with E-state index in [1.54, 1.807) is 27.5 Å². The van der Waals surface area contributed by atoms with E-state index in [1.807, 2.05) is 16.8 Å². The average molecular weight is 444 g/mol. The summed E-state index contributed by atoms with van der Waals surface area (Å²) in [5.41, 5.74) is 1.44. The molecule has 1 unspecified atom stereocenters. The monoisotopic (exact) mass is 443 g/mol. The molecule has 0 spiro atoms. The molecular weight excluding hydrogens is 410 g/mol. The first-order chi connectivity index (χ1) is 15.6. The van der Waals surface area contributed by atoms with Gasteiger partial charge in [-0.05, 0) is 38.3 Å². The predicted octanol–water partition coefficient (Wildman–Crippen LogP) is 2.81. The first-order valence-electron chi connectivity index (χ1n) is 11.4. The summed E-state index contributed by atoms with van der Waals surface area (Å²) in [6, 6.07) is 4.37. The largest absolute Gasteiger partial charge is 0.493 e. The highest BCUT2D eigenvalue weighted by Crippen LogP contribution is 2.40. The van der Waals surface area contributed by atoms with Crippen LogP contribution in [0.2, 0.25) is 0 Å². The summed E-state index contributed by atoms with van der Waals surface area (Å²) in [6.45, 7) is 2.53. The molecule has 2 heterocycles. The van der Waals surface area contributed by atoms with Gasteiger partial charge in [0.1, 0.15) is 0 Å². The van der Waals surface area contributed by atoms with E-state index >= 15 is 0 Å². The third-order valence-corrected chi connectivity index (χ3v) is 6.47. The Morgan fingerprint density at radius 3 is 2.56 bits per heavy atom. The van der Waals surface area contributed by atoms with Gasteiger partial charge in [0.25, 0.3) is 5.91 Å². The van der Waals surface area contributed by atoms with Crippen LogP contribution in [0, 0.1) is 0 Å². The Kier molecular flexibility index (Phi) is 7.14. The summed E-state index contributed by atoms with van der Waals surface area (Å²) in [4.78, 5) is 14.9. The van der Waals surface area contributed by atoms with Crippen molar-refractivity contribution < 1.29 is 19.0 Å². The number of likely N-dealkylation sites (tertiary alicyclic amines) is 1. The molecule has 1 atom stereocenters. The number of nitrogens with zero attached hydrogens (tertiary/aromatic N) is 4. The molecule has 1 aliphatic carbocycles. The summed E-state index contributed by atoms with van der Waals surface area (Å²) in [5.74, 6) is 1.83. The smallest absolute Gasteiger partial charge is 0.273 e. The minimum Gasteiger partial charge on any atom is -0.493 e. The Morgan fingerprint density at radius 2 is 1.84 bits per heavy atom. The molecule has 2 aromatic rings. The highest BCUT2D eigenvalue weighted by molar-refractivity contribution is 5.92. The zero-order valence-electron chi connectivity index (χ0n) is 19.2. The van der Waals surface area contributed by atoms with Crippen molar-refractivity contribution in [2.75, 3.05) is 34.4 Å². The van der Waals surface area contributed by atoms with E-state index in [4.69, 9.17) is 14.2 Å². The fourth-order valence-corrected chi connectivity index (χ4v) is 4.81. The number of piperidine rings is 1. The lowest BCUT2D eigenvalue weighted by Crippen LogP contribution is -2.36. The topological polar surface area (TPSA) is 90.7 Å². The number of benzene rings is 1. The van der Waals surface area contributed by atoms with Crippen molar-refractivity contribution in [3.05, 3.63) is 29.6 Å². The Balaban J connectivity index is 1.42. The van der Waals surface area contributed by atoms with Crippen molar-refractivity contribution in [2.45, 2.75) is 57.2 Å². The zero-order chi connectivity index (χ0) is 22.5. The van der Waals surface area contributed by atoms with Gasteiger partial charge in [-0.1, -0.05) is 24.1 Å². The van der Waals surface area contributed by atoms with Gasteiger partial charge in [0.2, 0.25) is 5.75 Å². The first-order valence-corrected chi connectivity index (χ1v) is 11.4. The van der Waals surface area contributed by atoms with E-state index in [0.29, 0.717) is 22.9 Å². The van der Waals surface area contributed by atoms with Gasteiger partial charge in [0.15, 0.2) is 17.2 Å². The number of carbonyl (C=O) groups is 1. The van der Waals surface area contributed by atoms with Gasteiger partial charge in [-0.3, -0.25) is 9.69 Å². The van der Waals surface area contributed by atoms with E-state index in [0.717, 1.165) is 50.9 Å². The highest BCUT2D eigenvalue weighted by Gasteiger charge is 2.26. The lowest BCUT2D eigenvalue weighted by Gasteiger charge is -2.33. The quantitative estimate of drug-likeness (QED) is 0.671. The number of methoxy groups -OCH3 is 3. The molecule has 2 fully saturated rings. The van der Waals surface area contributed by atoms with Crippen molar-refractivity contribution in [1.29, 1.82) is 0 Å². The number of aromatic nitrogens is 3. The lowest BCUT2D eigenvalue weighted by molar-refractivity contribution is 0.0932. The predicted molar refractivity (Wildman–Crippen MR) is 119 cm³/mol. The van der Waals surface area contributed by atoms with Crippen LogP contribution >= 0.6 is 0 Å². The number of carbonyl (C=O) groups excluding carboxylic acids is 1. The number of nitrogens with one attached hydrogen (secondary N) is 1. The molecule has 2 aliphatic rings. The van der Waals surface area contributed by atoms with Crippen LogP contribution in [0.25, 0.3) is 0 Å². The maximum Gasteiger partial charge on any atom is 0.273 e. The second kappa shape index (κ2) is 10.2. The van der Waals surface area contributed by atoms with Gasteiger partial charge in [-0.15, -0.1) is 5.10 Å². The molecule has 1 saturated carbocycles. The SMILES string of the molecule is COc1ccc(CN2CCCC(n3cc(C(=O)NC4CCCC4)nn3)C2)c(OC)c1OC. The standard InChI is InChI=1S/C23H33N5O4/c1-30-20-11-10-16(21(31-2)22(20)32-3)13-27-12-6-9-18(14-27)28-15-19(25-26-28)23(29)24-17-7-4-5-8-17/h10-11,15,17-18H,4-9,12-14H2,1-3H3,(H,24,29). The van der Waals surface area contributed by atoms with E-state index in [1.165, 1.54) is 12.8 Å². The second-order valence-electron chi connectivity index (χ2n) is 8.56. The molecular formula is C23H33N5O4. The van der Waals surface area contributed by atoms with Gasteiger partial charge in [-0.25, -0.2) is 4.68 Å². The Labute approximate surface area is 189 Å². The molecule has 1 amide bonds. The summed E-state index contributed by atoms with van der Waals surface area (Å²) in [6.07, 6.45) is 8.31. The van der Waals surface area contributed by atoms with Crippen LogP contribution in [0.5, 0.6) is 17.2 Å². The van der Waals surface area contributed by atoms with Gasteiger partial charge < -0.3 is 19.5 Å². The Bertz CT molecular complexity index is 925. The average Bonchev–Trinajstić information content (AvgIpc) is 3.51. The van der Waals surface area contributed by atoms with Gasteiger partial charge in [0, 0.05) is 24.7 Å². The number of hydrogen-bond donors (Lipinski definition) is 1. The van der Waals surface area contributed by atoms with Crippen molar-refractivity contribution in [3.8, 4) is 17.2 Å². The lowest BCUT2D eigenvalue weighted by atomic mass is 10.0. The second-order valence-corrected chi connectivity index (χ2v) is 8.56. The molecule has 174 valence electrons. The Hall–Kier alpha value is -2.81. The van der Waals surface area contributed by atoms with Crippen molar-refractivity contribution in [2.24, 2.45) is 0 Å². The van der Waals surface area contributed by atoms with E-state index in [2.05, 4.69) is 20.5 Å². The fraction of sp³-hybridized carbons (Fsp3) is 0.609. The maximum atomic E-state index is 12.5. The molecule has 0 bridgehead atoms. The Morgan fingerprint density at radius 1 is 1.06 bits per heavy atom. The van der Waals surface area contributed by atoms with Gasteiger partial charge in [-0.2, -0.15) is 0 Å². The minimum atomic E-state index is -0.120. The molecule has 9 heteroatoms. The van der Waals surface area contributed by atoms with Crippen molar-refractivity contribution in [3.63, 3.8) is 0 Å². The van der Waals surface area contributed by atoms with Crippen molar-refractivity contribution >= 4 is 5.91 Å². The molecule has 1 aromatic carbocycles. The first kappa shape index (κ1) is 22.4. The van der Waals surface area contributed by atoms with Crippen LogP contribution in [0.3, 0.4) is 0 Å². The van der Waals surface area contributed by atoms with Gasteiger partial charge in [0.05, 0.1) is 33.6 Å². The molecule has 1 N–H and O–H groups in total. The number of amides is 1. The molecule has 0 radical (unpaired) electrons. The molecule has 4 rings (SSSR count). The van der Waals surface area contributed by atoms with Crippen LogP contribution in [0.4, 0.5) is 0 Å². The van der Waals surface area contributed by atoms with Crippen LogP contribution in [0.15, 0.2) is 18.3 Å². The molecule has 1 aliphatic heterocycles. The summed E-state index contributed by atoms with van der Waals surface area (Å²) in [5, 5.41) is 11.5. The molecule has 1 aromatic heterocycles. The summed E-state index contributed by atoms with van der Waals surface area (Å²) in [7, 11) is 4.88. The number of hydrogen-bond acceptors (Lipinski definition) is 7. The van der Waals surface area contributed by atoms with E-state index in [9.17, 15) is 4.79 Å². The van der Waals surface area contributed by atoms with Crippen LogP contribution in [0.1, 0.15) is 60.6 Å². The summed E-state index contributed by atoms with van der Waals surface area (Å²) < 4.78 is 18.4. The third-order valence-electron chi connectivity index (χ3n) is 6.47. The van der Waals surface area contributed by atoms with Crippen LogP contribution < -0.4 is 19.5 Å². The van der Waals surface area contributed by atoms with Gasteiger partial charge >= 0.3 is 0 Å². The maximum absolute atomic E-state index is 12.5. The molecule has 32 heavy (non-hydrogen) atoms. The minimum absolute atomic E-state index is 0.120. The molecule has 1 saturated heterocycles. The number of rotatable bonds is 8. The zero-order valence-corrected chi connectivity index (χ0v) is 19.2. The van der Waals surface area contributed by atoms with Crippen LogP contribution in [-0.2, 0) is 6.54 Å².